The molecule has 11 heteroatoms. The van der Waals surface area contributed by atoms with Crippen LogP contribution < -0.4 is 4.74 Å². The van der Waals surface area contributed by atoms with E-state index in [0.29, 0.717) is 37.5 Å². The highest BCUT2D eigenvalue weighted by atomic mass is 32.2. The second kappa shape index (κ2) is 13.4. The Hall–Kier alpha value is -4.19. The Morgan fingerprint density at radius 3 is 2.47 bits per heavy atom. The summed E-state index contributed by atoms with van der Waals surface area (Å²) < 4.78 is 36.0. The quantitative estimate of drug-likeness (QED) is 0.139. The van der Waals surface area contributed by atoms with E-state index in [2.05, 4.69) is 10.2 Å². The van der Waals surface area contributed by atoms with E-state index in [1.807, 2.05) is 96.4 Å². The third-order valence-electron chi connectivity index (χ3n) is 7.99. The van der Waals surface area contributed by atoms with Crippen molar-refractivity contribution in [1.29, 1.82) is 0 Å². The van der Waals surface area contributed by atoms with Crippen LogP contribution in [-0.2, 0) is 14.8 Å². The topological polar surface area (TPSA) is 97.6 Å². The zero-order valence-corrected chi connectivity index (χ0v) is 26.9. The van der Waals surface area contributed by atoms with Gasteiger partial charge in [0, 0.05) is 49.1 Å². The maximum Gasteiger partial charge on any atom is 0.243 e. The van der Waals surface area contributed by atoms with Gasteiger partial charge in [-0.2, -0.15) is 4.31 Å². The first-order valence-electron chi connectivity index (χ1n) is 14.9. The van der Waals surface area contributed by atoms with Crippen molar-refractivity contribution in [1.82, 2.24) is 24.0 Å². The molecular formula is C34H35N5O4S2. The minimum absolute atomic E-state index is 0.0341. The predicted octanol–water partition coefficient (Wildman–Crippen LogP) is 5.89. The van der Waals surface area contributed by atoms with Crippen LogP contribution in [0.2, 0.25) is 0 Å². The van der Waals surface area contributed by atoms with Crippen LogP contribution in [0.15, 0.2) is 107 Å². The zero-order valence-electron chi connectivity index (χ0n) is 25.2. The molecule has 1 fully saturated rings. The lowest BCUT2D eigenvalue weighted by Crippen LogP contribution is -2.55. The zero-order chi connectivity index (χ0) is 31.4. The summed E-state index contributed by atoms with van der Waals surface area (Å²) in [5.41, 5.74) is 1.84. The van der Waals surface area contributed by atoms with E-state index in [9.17, 15) is 13.2 Å². The van der Waals surface area contributed by atoms with E-state index in [1.165, 1.54) is 4.31 Å². The third-order valence-corrected chi connectivity index (χ3v) is 11.0. The van der Waals surface area contributed by atoms with Crippen LogP contribution in [0.25, 0.3) is 27.8 Å². The average Bonchev–Trinajstić information content (AvgIpc) is 3.50. The van der Waals surface area contributed by atoms with Crippen LogP contribution in [0.5, 0.6) is 5.75 Å². The Labute approximate surface area is 267 Å². The molecule has 0 N–H and O–H groups in total. The van der Waals surface area contributed by atoms with E-state index < -0.39 is 10.0 Å². The Morgan fingerprint density at radius 1 is 0.911 bits per heavy atom. The molecule has 0 spiro atoms. The summed E-state index contributed by atoms with van der Waals surface area (Å²) in [4.78, 5) is 15.2. The SMILES string of the molecule is COc1cccc(-c2nnc(SCCCC(=O)N3CCN(S(=O)(=O)c4ccc5ccccc5c4)C(C)C3)n2-c2ccccc2)c1. The molecule has 45 heavy (non-hydrogen) atoms. The van der Waals surface area contributed by atoms with Crippen LogP contribution in [0.3, 0.4) is 0 Å². The van der Waals surface area contributed by atoms with Gasteiger partial charge < -0.3 is 9.64 Å². The summed E-state index contributed by atoms with van der Waals surface area (Å²) in [6.45, 7) is 2.87. The molecule has 0 aliphatic carbocycles. The standard InChI is InChI=1S/C34H35N5O4S2/c1-25-24-37(19-20-38(25)45(41,42)31-18-17-26-10-6-7-11-27(26)23-31)32(40)16-9-21-44-34-36-35-33(28-12-8-15-30(22-28)43-2)39(34)29-13-4-3-5-14-29/h3-8,10-15,17-18,22-23,25H,9,16,19-21,24H2,1-2H3. The molecule has 1 aliphatic heterocycles. The lowest BCUT2D eigenvalue weighted by atomic mass is 10.1. The van der Waals surface area contributed by atoms with Crippen LogP contribution in [0.4, 0.5) is 0 Å². The summed E-state index contributed by atoms with van der Waals surface area (Å²) >= 11 is 1.56. The number of para-hydroxylation sites is 1. The number of hydrogen-bond donors (Lipinski definition) is 0. The Balaban J connectivity index is 1.07. The number of carbonyl (C=O) groups is 1. The molecule has 0 radical (unpaired) electrons. The lowest BCUT2D eigenvalue weighted by molar-refractivity contribution is -0.133. The van der Waals surface area contributed by atoms with Crippen molar-refractivity contribution in [2.45, 2.75) is 35.9 Å². The average molecular weight is 642 g/mol. The largest absolute Gasteiger partial charge is 0.497 e. The number of nitrogens with zero attached hydrogens (tertiary/aromatic N) is 5. The van der Waals surface area contributed by atoms with Crippen LogP contribution >= 0.6 is 11.8 Å². The lowest BCUT2D eigenvalue weighted by Gasteiger charge is -2.39. The molecule has 1 aromatic heterocycles. The minimum Gasteiger partial charge on any atom is -0.497 e. The number of thioether (sulfide) groups is 1. The normalized spacial score (nSPS) is 15.8. The van der Waals surface area contributed by atoms with Gasteiger partial charge >= 0.3 is 0 Å². The molecule has 232 valence electrons. The van der Waals surface area contributed by atoms with Gasteiger partial charge in [-0.25, -0.2) is 8.42 Å². The van der Waals surface area contributed by atoms with Crippen molar-refractivity contribution in [3.8, 4) is 22.8 Å². The van der Waals surface area contributed by atoms with Crippen molar-refractivity contribution in [2.75, 3.05) is 32.5 Å². The molecule has 6 rings (SSSR count). The van der Waals surface area contributed by atoms with Gasteiger partial charge in [-0.1, -0.05) is 72.4 Å². The number of fused-ring (bicyclic) bond motifs is 1. The summed E-state index contributed by atoms with van der Waals surface area (Å²) in [6.07, 6.45) is 1.03. The smallest absolute Gasteiger partial charge is 0.243 e. The number of ether oxygens (including phenoxy) is 1. The second-order valence-electron chi connectivity index (χ2n) is 11.0. The molecule has 9 nitrogen and oxygen atoms in total. The highest BCUT2D eigenvalue weighted by Gasteiger charge is 2.35. The van der Waals surface area contributed by atoms with Gasteiger partial charge in [0.2, 0.25) is 15.9 Å². The number of methoxy groups -OCH3 is 1. The van der Waals surface area contributed by atoms with Gasteiger partial charge in [-0.3, -0.25) is 9.36 Å². The molecule has 5 aromatic rings. The maximum atomic E-state index is 13.5. The molecule has 1 atom stereocenters. The number of aromatic nitrogens is 3. The van der Waals surface area contributed by atoms with E-state index in [0.717, 1.165) is 32.9 Å². The van der Waals surface area contributed by atoms with E-state index in [1.54, 1.807) is 35.9 Å². The van der Waals surface area contributed by atoms with Gasteiger partial charge in [0.05, 0.1) is 12.0 Å². The Morgan fingerprint density at radius 2 is 1.69 bits per heavy atom. The van der Waals surface area contributed by atoms with E-state index in [-0.39, 0.29) is 23.4 Å². The summed E-state index contributed by atoms with van der Waals surface area (Å²) in [5, 5.41) is 11.6. The van der Waals surface area contributed by atoms with Crippen LogP contribution in [0, 0.1) is 0 Å². The third kappa shape index (κ3) is 6.61. The maximum absolute atomic E-state index is 13.5. The highest BCUT2D eigenvalue weighted by molar-refractivity contribution is 7.99. The van der Waals surface area contributed by atoms with Gasteiger partial charge in [-0.15, -0.1) is 10.2 Å². The Bertz CT molecular complexity index is 1910. The number of carbonyl (C=O) groups excluding carboxylic acids is 1. The first-order chi connectivity index (χ1) is 21.8. The monoisotopic (exact) mass is 641 g/mol. The molecule has 1 saturated heterocycles. The van der Waals surface area contributed by atoms with Gasteiger partial charge in [0.1, 0.15) is 5.75 Å². The molecule has 1 unspecified atom stereocenters. The number of benzene rings is 4. The van der Waals surface area contributed by atoms with Crippen molar-refractivity contribution in [2.24, 2.45) is 0 Å². The first kappa shape index (κ1) is 30.8. The molecule has 0 bridgehead atoms. The van der Waals surface area contributed by atoms with Gasteiger partial charge in [-0.05, 0) is 60.5 Å². The summed E-state index contributed by atoms with van der Waals surface area (Å²) in [7, 11) is -2.05. The number of piperazine rings is 1. The van der Waals surface area contributed by atoms with Crippen LogP contribution in [-0.4, -0.2) is 76.8 Å². The van der Waals surface area contributed by atoms with Crippen molar-refractivity contribution in [3.63, 3.8) is 0 Å². The Kier molecular flexibility index (Phi) is 9.20. The van der Waals surface area contributed by atoms with Crippen LogP contribution in [0.1, 0.15) is 19.8 Å². The molecule has 1 aliphatic rings. The molecule has 0 saturated carbocycles. The fourth-order valence-electron chi connectivity index (χ4n) is 5.66. The molecule has 1 amide bonds. The number of sulfonamides is 1. The molecule has 2 heterocycles. The molecular weight excluding hydrogens is 607 g/mol. The van der Waals surface area contributed by atoms with Gasteiger partial charge in [0.25, 0.3) is 0 Å². The highest BCUT2D eigenvalue weighted by Crippen LogP contribution is 2.30. The summed E-state index contributed by atoms with van der Waals surface area (Å²) in [5.74, 6) is 2.17. The van der Waals surface area contributed by atoms with Crippen molar-refractivity contribution >= 4 is 38.5 Å². The number of rotatable bonds is 10. The fourth-order valence-corrected chi connectivity index (χ4v) is 8.20. The molecule has 4 aromatic carbocycles. The van der Waals surface area contributed by atoms with E-state index >= 15 is 0 Å². The second-order valence-corrected chi connectivity index (χ2v) is 13.9. The first-order valence-corrected chi connectivity index (χ1v) is 17.3. The predicted molar refractivity (Wildman–Crippen MR) is 177 cm³/mol. The van der Waals surface area contributed by atoms with E-state index in [4.69, 9.17) is 4.74 Å². The minimum atomic E-state index is -3.68. The van der Waals surface area contributed by atoms with Crippen molar-refractivity contribution < 1.29 is 17.9 Å². The van der Waals surface area contributed by atoms with Crippen molar-refractivity contribution in [3.05, 3.63) is 97.1 Å². The number of hydrogen-bond acceptors (Lipinski definition) is 7. The number of amides is 1. The van der Waals surface area contributed by atoms with Gasteiger partial charge in [0.15, 0.2) is 11.0 Å². The fraction of sp³-hybridized carbons (Fsp3) is 0.265. The summed E-state index contributed by atoms with van der Waals surface area (Å²) in [6, 6.07) is 30.3.